The maximum Gasteiger partial charge on any atom is 0.232 e. The molecule has 0 atom stereocenters. The second-order valence-electron chi connectivity index (χ2n) is 7.94. The van der Waals surface area contributed by atoms with Crippen molar-refractivity contribution in [1.82, 2.24) is 9.97 Å². The van der Waals surface area contributed by atoms with E-state index in [2.05, 4.69) is 14.7 Å². The Balaban J connectivity index is 1.71. The number of aromatic amines is 1. The molecule has 0 aliphatic heterocycles. The van der Waals surface area contributed by atoms with Crippen LogP contribution in [0.2, 0.25) is 5.02 Å². The molecule has 10 heteroatoms. The van der Waals surface area contributed by atoms with Crippen LogP contribution in [0.5, 0.6) is 5.75 Å². The first kappa shape index (κ1) is 24.7. The van der Waals surface area contributed by atoms with E-state index in [0.717, 1.165) is 0 Å². The highest BCUT2D eigenvalue weighted by Gasteiger charge is 2.22. The largest absolute Gasteiger partial charge is 0.497 e. The van der Waals surface area contributed by atoms with Crippen molar-refractivity contribution in [3.05, 3.63) is 76.8 Å². The van der Waals surface area contributed by atoms with Gasteiger partial charge in [0.05, 0.1) is 29.1 Å². The third-order valence-electron chi connectivity index (χ3n) is 5.54. The van der Waals surface area contributed by atoms with E-state index in [0.29, 0.717) is 45.8 Å². The Labute approximate surface area is 207 Å². The first-order valence-corrected chi connectivity index (χ1v) is 12.9. The highest BCUT2D eigenvalue weighted by atomic mass is 35.5. The summed E-state index contributed by atoms with van der Waals surface area (Å²) in [4.78, 5) is 20.6. The van der Waals surface area contributed by atoms with Gasteiger partial charge < -0.3 is 9.72 Å². The highest BCUT2D eigenvalue weighted by Crippen LogP contribution is 2.33. The lowest BCUT2D eigenvalue weighted by Gasteiger charge is -2.11. The SMILES string of the molecule is CCCCS(=O)(=O)Nc1cccc(C(=O)c2c[nH]c3ncc(-c4ccc(OC)cc4Cl)cc23)c1F. The number of pyridine rings is 1. The molecule has 35 heavy (non-hydrogen) atoms. The lowest BCUT2D eigenvalue weighted by molar-refractivity contribution is 0.103. The summed E-state index contributed by atoms with van der Waals surface area (Å²) >= 11 is 6.40. The van der Waals surface area contributed by atoms with Crippen LogP contribution in [0.15, 0.2) is 54.9 Å². The topological polar surface area (TPSA) is 101 Å². The van der Waals surface area contributed by atoms with Crippen molar-refractivity contribution in [3.63, 3.8) is 0 Å². The van der Waals surface area contributed by atoms with Crippen LogP contribution in [0.25, 0.3) is 22.2 Å². The lowest BCUT2D eigenvalue weighted by Crippen LogP contribution is -2.18. The van der Waals surface area contributed by atoms with Crippen molar-refractivity contribution >= 4 is 44.1 Å². The van der Waals surface area contributed by atoms with E-state index in [9.17, 15) is 13.2 Å². The number of ketones is 1. The molecule has 2 N–H and O–H groups in total. The molecular formula is C25H23ClFN3O4S. The molecule has 0 fully saturated rings. The van der Waals surface area contributed by atoms with Crippen LogP contribution < -0.4 is 9.46 Å². The molecule has 0 spiro atoms. The van der Waals surface area contributed by atoms with E-state index in [1.165, 1.54) is 24.4 Å². The highest BCUT2D eigenvalue weighted by molar-refractivity contribution is 7.92. The zero-order chi connectivity index (χ0) is 25.2. The summed E-state index contributed by atoms with van der Waals surface area (Å²) in [7, 11) is -2.19. The van der Waals surface area contributed by atoms with Gasteiger partial charge in [-0.25, -0.2) is 17.8 Å². The smallest absolute Gasteiger partial charge is 0.232 e. The van der Waals surface area contributed by atoms with Crippen molar-refractivity contribution in [3.8, 4) is 16.9 Å². The Hall–Kier alpha value is -3.43. The minimum atomic E-state index is -3.73. The van der Waals surface area contributed by atoms with E-state index in [-0.39, 0.29) is 22.6 Å². The summed E-state index contributed by atoms with van der Waals surface area (Å²) < 4.78 is 47.1. The monoisotopic (exact) mass is 515 g/mol. The fourth-order valence-corrected chi connectivity index (χ4v) is 5.22. The van der Waals surface area contributed by atoms with Crippen LogP contribution in [0.3, 0.4) is 0 Å². The average molecular weight is 516 g/mol. The number of carbonyl (C=O) groups excluding carboxylic acids is 1. The molecule has 0 aliphatic carbocycles. The van der Waals surface area contributed by atoms with Gasteiger partial charge in [0.1, 0.15) is 11.4 Å². The first-order chi connectivity index (χ1) is 16.7. The van der Waals surface area contributed by atoms with Crippen molar-refractivity contribution in [2.24, 2.45) is 0 Å². The minimum Gasteiger partial charge on any atom is -0.497 e. The number of nitrogens with one attached hydrogen (secondary N) is 2. The Bertz CT molecular complexity index is 1520. The predicted molar refractivity (Wildman–Crippen MR) is 135 cm³/mol. The molecule has 0 bridgehead atoms. The van der Waals surface area contributed by atoms with Gasteiger partial charge >= 0.3 is 0 Å². The van der Waals surface area contributed by atoms with Crippen LogP contribution in [-0.4, -0.2) is 37.0 Å². The van der Waals surface area contributed by atoms with E-state index >= 15 is 4.39 Å². The summed E-state index contributed by atoms with van der Waals surface area (Å²) in [5.41, 5.74) is 1.47. The fourth-order valence-electron chi connectivity index (χ4n) is 3.68. The molecule has 7 nitrogen and oxygen atoms in total. The van der Waals surface area contributed by atoms with Gasteiger partial charge in [-0.2, -0.15) is 0 Å². The number of ether oxygens (including phenoxy) is 1. The maximum atomic E-state index is 15.2. The van der Waals surface area contributed by atoms with E-state index in [4.69, 9.17) is 16.3 Å². The van der Waals surface area contributed by atoms with Crippen LogP contribution in [0, 0.1) is 5.82 Å². The molecular weight excluding hydrogens is 493 g/mol. The first-order valence-electron chi connectivity index (χ1n) is 10.9. The number of benzene rings is 2. The Morgan fingerprint density at radius 2 is 2.00 bits per heavy atom. The summed E-state index contributed by atoms with van der Waals surface area (Å²) in [5, 5.41) is 0.927. The molecule has 0 saturated carbocycles. The molecule has 4 aromatic rings. The summed E-state index contributed by atoms with van der Waals surface area (Å²) in [6, 6.07) is 11.0. The molecule has 182 valence electrons. The fraction of sp³-hybridized carbons (Fsp3) is 0.200. The molecule has 2 heterocycles. The third-order valence-corrected chi connectivity index (χ3v) is 7.21. The number of nitrogens with zero attached hydrogens (tertiary/aromatic N) is 1. The van der Waals surface area contributed by atoms with E-state index in [1.54, 1.807) is 37.6 Å². The average Bonchev–Trinajstić information content (AvgIpc) is 3.26. The summed E-state index contributed by atoms with van der Waals surface area (Å²) in [5.74, 6) is -1.07. The van der Waals surface area contributed by atoms with Gasteiger partial charge in [-0.3, -0.25) is 9.52 Å². The molecule has 0 aliphatic rings. The van der Waals surface area contributed by atoms with E-state index < -0.39 is 21.6 Å². The van der Waals surface area contributed by atoms with Gasteiger partial charge in [-0.1, -0.05) is 31.0 Å². The zero-order valence-electron chi connectivity index (χ0n) is 19.1. The molecule has 0 unspecified atom stereocenters. The van der Waals surface area contributed by atoms with Crippen LogP contribution in [0.1, 0.15) is 35.7 Å². The van der Waals surface area contributed by atoms with Gasteiger partial charge in [0, 0.05) is 34.5 Å². The van der Waals surface area contributed by atoms with Gasteiger partial charge in [0.2, 0.25) is 10.0 Å². The normalized spacial score (nSPS) is 11.5. The molecule has 2 aromatic heterocycles. The number of anilines is 1. The molecule has 0 radical (unpaired) electrons. The van der Waals surface area contributed by atoms with Crippen molar-refractivity contribution in [1.29, 1.82) is 0 Å². The van der Waals surface area contributed by atoms with Crippen molar-refractivity contribution < 1.29 is 22.3 Å². The number of methoxy groups -OCH3 is 1. The number of unbranched alkanes of at least 4 members (excludes halogenated alkanes) is 1. The van der Waals surface area contributed by atoms with E-state index in [1.807, 2.05) is 6.92 Å². The molecule has 0 saturated heterocycles. The number of H-pyrrole nitrogens is 1. The number of fused-ring (bicyclic) bond motifs is 1. The Kier molecular flexibility index (Phi) is 7.09. The van der Waals surface area contributed by atoms with Gasteiger partial charge in [-0.05, 0) is 42.8 Å². The van der Waals surface area contributed by atoms with Crippen molar-refractivity contribution in [2.45, 2.75) is 19.8 Å². The zero-order valence-corrected chi connectivity index (χ0v) is 20.6. The third kappa shape index (κ3) is 5.16. The van der Waals surface area contributed by atoms with Crippen LogP contribution in [0.4, 0.5) is 10.1 Å². The summed E-state index contributed by atoms with van der Waals surface area (Å²) in [6.07, 6.45) is 4.20. The summed E-state index contributed by atoms with van der Waals surface area (Å²) in [6.45, 7) is 1.86. The number of aromatic nitrogens is 2. The minimum absolute atomic E-state index is 0.133. The lowest BCUT2D eigenvalue weighted by atomic mass is 10.00. The Morgan fingerprint density at radius 1 is 1.20 bits per heavy atom. The maximum absolute atomic E-state index is 15.2. The quantitative estimate of drug-likeness (QED) is 0.274. The number of carbonyl (C=O) groups is 1. The molecule has 2 aromatic carbocycles. The molecule has 4 rings (SSSR count). The number of sulfonamides is 1. The number of hydrogen-bond donors (Lipinski definition) is 2. The number of halogens is 2. The number of hydrogen-bond acceptors (Lipinski definition) is 5. The van der Waals surface area contributed by atoms with Crippen LogP contribution >= 0.6 is 11.6 Å². The second-order valence-corrected chi connectivity index (χ2v) is 10.2. The van der Waals surface area contributed by atoms with Gasteiger partial charge in [0.15, 0.2) is 11.6 Å². The van der Waals surface area contributed by atoms with Gasteiger partial charge in [-0.15, -0.1) is 0 Å². The molecule has 0 amide bonds. The van der Waals surface area contributed by atoms with Crippen molar-refractivity contribution in [2.75, 3.05) is 17.6 Å². The number of rotatable bonds is 9. The second kappa shape index (κ2) is 10.1. The predicted octanol–water partition coefficient (Wildman–Crippen LogP) is 5.80. The van der Waals surface area contributed by atoms with Gasteiger partial charge in [0.25, 0.3) is 0 Å². The Morgan fingerprint density at radius 3 is 2.71 bits per heavy atom. The van der Waals surface area contributed by atoms with Crippen LogP contribution in [-0.2, 0) is 10.0 Å². The standard InChI is InChI=1S/C25H23ClFN3O4S/c1-3-4-10-35(32,33)30-22-7-5-6-18(23(22)27)24(31)20-14-29-25-19(20)11-15(13-28-25)17-9-8-16(34-2)12-21(17)26/h5-9,11-14,30H,3-4,10H2,1-2H3,(H,28,29).